The summed E-state index contributed by atoms with van der Waals surface area (Å²) in [5.41, 5.74) is 3.92. The lowest BCUT2D eigenvalue weighted by Crippen LogP contribution is -2.22. The Labute approximate surface area is 147 Å². The highest BCUT2D eigenvalue weighted by Crippen LogP contribution is 2.47. The average molecular weight is 342 g/mol. The Kier molecular flexibility index (Phi) is 4.33. The molecule has 124 valence electrons. The highest BCUT2D eigenvalue weighted by atomic mass is 35.5. The van der Waals surface area contributed by atoms with Crippen LogP contribution in [-0.2, 0) is 5.41 Å². The minimum atomic E-state index is -0.186. The number of hydrogen-bond donors (Lipinski definition) is 0. The molecule has 1 aliphatic heterocycles. The fourth-order valence-corrected chi connectivity index (χ4v) is 3.27. The summed E-state index contributed by atoms with van der Waals surface area (Å²) < 4.78 is 5.29. The Morgan fingerprint density at radius 1 is 1.17 bits per heavy atom. The standard InChI is InChI=1S/C19H20ClN3O/c1-19(2)14-11-13(20)9-10-16(14)23(3)18(19)12-21-22-15-7-5-6-8-17(15)24-4/h5-12H,1-4H3/b18-12+,22-21?. The summed E-state index contributed by atoms with van der Waals surface area (Å²) in [7, 11) is 3.66. The number of allylic oxidation sites excluding steroid dienone is 1. The van der Waals surface area contributed by atoms with E-state index >= 15 is 0 Å². The maximum atomic E-state index is 6.17. The van der Waals surface area contributed by atoms with Crippen molar-refractivity contribution in [2.75, 3.05) is 19.1 Å². The zero-order valence-corrected chi connectivity index (χ0v) is 15.0. The van der Waals surface area contributed by atoms with Crippen molar-refractivity contribution in [3.63, 3.8) is 0 Å². The van der Waals surface area contributed by atoms with Crippen LogP contribution in [0, 0.1) is 0 Å². The molecular weight excluding hydrogens is 322 g/mol. The van der Waals surface area contributed by atoms with Gasteiger partial charge in [-0.05, 0) is 35.9 Å². The molecule has 0 aromatic heterocycles. The number of fused-ring (bicyclic) bond motifs is 1. The highest BCUT2D eigenvalue weighted by molar-refractivity contribution is 6.30. The summed E-state index contributed by atoms with van der Waals surface area (Å²) >= 11 is 6.17. The lowest BCUT2D eigenvalue weighted by molar-refractivity contribution is 0.416. The molecular formula is C19H20ClN3O. The smallest absolute Gasteiger partial charge is 0.146 e. The number of benzene rings is 2. The third kappa shape index (κ3) is 2.78. The molecule has 0 bridgehead atoms. The first-order valence-electron chi connectivity index (χ1n) is 7.73. The van der Waals surface area contributed by atoms with Crippen LogP contribution in [0.2, 0.25) is 5.02 Å². The van der Waals surface area contributed by atoms with Gasteiger partial charge in [-0.1, -0.05) is 37.6 Å². The molecule has 0 radical (unpaired) electrons. The van der Waals surface area contributed by atoms with Crippen molar-refractivity contribution in [3.8, 4) is 5.75 Å². The number of likely N-dealkylation sites (N-methyl/N-ethyl adjacent to an activating group) is 1. The van der Waals surface area contributed by atoms with Crippen LogP contribution in [0.1, 0.15) is 19.4 Å². The van der Waals surface area contributed by atoms with Gasteiger partial charge >= 0.3 is 0 Å². The van der Waals surface area contributed by atoms with Crippen molar-refractivity contribution in [1.29, 1.82) is 0 Å². The van der Waals surface area contributed by atoms with E-state index in [9.17, 15) is 0 Å². The van der Waals surface area contributed by atoms with Crippen LogP contribution in [0.4, 0.5) is 11.4 Å². The van der Waals surface area contributed by atoms with E-state index in [1.54, 1.807) is 13.3 Å². The number of hydrogen-bond acceptors (Lipinski definition) is 4. The summed E-state index contributed by atoms with van der Waals surface area (Å²) in [6.07, 6.45) is 1.81. The molecule has 0 saturated heterocycles. The van der Waals surface area contributed by atoms with E-state index < -0.39 is 0 Å². The molecule has 0 N–H and O–H groups in total. The van der Waals surface area contributed by atoms with Gasteiger partial charge in [-0.2, -0.15) is 5.11 Å². The summed E-state index contributed by atoms with van der Waals surface area (Å²) in [5.74, 6) is 0.703. The molecule has 3 rings (SSSR count). The Morgan fingerprint density at radius 3 is 2.67 bits per heavy atom. The van der Waals surface area contributed by atoms with Crippen molar-refractivity contribution in [2.24, 2.45) is 10.2 Å². The molecule has 2 aromatic rings. The van der Waals surface area contributed by atoms with Crippen molar-refractivity contribution in [1.82, 2.24) is 0 Å². The fourth-order valence-electron chi connectivity index (χ4n) is 3.09. The fraction of sp³-hybridized carbons (Fsp3) is 0.263. The van der Waals surface area contributed by atoms with Gasteiger partial charge in [0.05, 0.1) is 13.3 Å². The summed E-state index contributed by atoms with van der Waals surface area (Å²) in [6.45, 7) is 4.33. The van der Waals surface area contributed by atoms with Gasteiger partial charge in [-0.15, -0.1) is 5.11 Å². The second-order valence-electron chi connectivity index (χ2n) is 6.25. The van der Waals surface area contributed by atoms with Gasteiger partial charge in [-0.3, -0.25) is 0 Å². The Morgan fingerprint density at radius 2 is 1.92 bits per heavy atom. The molecule has 0 spiro atoms. The average Bonchev–Trinajstić information content (AvgIpc) is 2.75. The third-order valence-electron chi connectivity index (χ3n) is 4.43. The minimum Gasteiger partial charge on any atom is -0.494 e. The molecule has 0 unspecified atom stereocenters. The van der Waals surface area contributed by atoms with E-state index in [-0.39, 0.29) is 5.41 Å². The molecule has 2 aromatic carbocycles. The molecule has 1 heterocycles. The van der Waals surface area contributed by atoms with Crippen LogP contribution >= 0.6 is 11.6 Å². The molecule has 0 fully saturated rings. The topological polar surface area (TPSA) is 37.2 Å². The summed E-state index contributed by atoms with van der Waals surface area (Å²) in [6, 6.07) is 13.5. The van der Waals surface area contributed by atoms with E-state index in [4.69, 9.17) is 16.3 Å². The van der Waals surface area contributed by atoms with Crippen LogP contribution in [-0.4, -0.2) is 14.2 Å². The van der Waals surface area contributed by atoms with Crippen molar-refractivity contribution >= 4 is 23.0 Å². The second kappa shape index (κ2) is 6.29. The number of azo groups is 1. The number of rotatable bonds is 3. The lowest BCUT2D eigenvalue weighted by atomic mass is 9.84. The summed E-state index contributed by atoms with van der Waals surface area (Å²) in [4.78, 5) is 2.13. The first-order valence-corrected chi connectivity index (χ1v) is 8.11. The lowest BCUT2D eigenvalue weighted by Gasteiger charge is -2.22. The van der Waals surface area contributed by atoms with Crippen LogP contribution in [0.15, 0.2) is 64.6 Å². The van der Waals surface area contributed by atoms with Crippen molar-refractivity contribution < 1.29 is 4.74 Å². The van der Waals surface area contributed by atoms with Gasteiger partial charge in [-0.25, -0.2) is 0 Å². The van der Waals surface area contributed by atoms with E-state index in [1.165, 1.54) is 5.56 Å². The van der Waals surface area contributed by atoms with Gasteiger partial charge in [0.2, 0.25) is 0 Å². The maximum absolute atomic E-state index is 6.17. The van der Waals surface area contributed by atoms with Crippen LogP contribution in [0.25, 0.3) is 0 Å². The van der Waals surface area contributed by atoms with Gasteiger partial charge in [0.1, 0.15) is 11.4 Å². The third-order valence-corrected chi connectivity index (χ3v) is 4.66. The first-order chi connectivity index (χ1) is 11.4. The zero-order chi connectivity index (χ0) is 17.3. The van der Waals surface area contributed by atoms with Crippen LogP contribution in [0.3, 0.4) is 0 Å². The molecule has 0 aliphatic carbocycles. The first kappa shape index (κ1) is 16.5. The minimum absolute atomic E-state index is 0.186. The molecule has 1 aliphatic rings. The Hall–Kier alpha value is -2.33. The normalized spacial score (nSPS) is 17.5. The SMILES string of the molecule is COc1ccccc1N=N/C=C1/N(C)c2ccc(Cl)cc2C1(C)C. The predicted octanol–water partition coefficient (Wildman–Crippen LogP) is 5.70. The van der Waals surface area contributed by atoms with Crippen molar-refractivity contribution in [3.05, 3.63) is 64.9 Å². The van der Waals surface area contributed by atoms with Gasteiger partial charge in [0.25, 0.3) is 0 Å². The van der Waals surface area contributed by atoms with E-state index in [0.717, 1.165) is 16.4 Å². The molecule has 4 nitrogen and oxygen atoms in total. The summed E-state index contributed by atoms with van der Waals surface area (Å²) in [5, 5.41) is 9.33. The number of para-hydroxylation sites is 1. The number of methoxy groups -OCH3 is 1. The molecule has 0 atom stereocenters. The molecule has 0 saturated carbocycles. The maximum Gasteiger partial charge on any atom is 0.146 e. The van der Waals surface area contributed by atoms with Gasteiger partial charge in [0, 0.05) is 28.9 Å². The van der Waals surface area contributed by atoms with E-state index in [0.29, 0.717) is 11.4 Å². The number of halogens is 1. The molecule has 24 heavy (non-hydrogen) atoms. The number of anilines is 1. The molecule has 5 heteroatoms. The Balaban J connectivity index is 1.95. The van der Waals surface area contributed by atoms with E-state index in [2.05, 4.69) is 29.0 Å². The van der Waals surface area contributed by atoms with Crippen LogP contribution in [0.5, 0.6) is 5.75 Å². The predicted molar refractivity (Wildman–Crippen MR) is 98.5 cm³/mol. The largest absolute Gasteiger partial charge is 0.494 e. The quantitative estimate of drug-likeness (QED) is 0.671. The van der Waals surface area contributed by atoms with Crippen molar-refractivity contribution in [2.45, 2.75) is 19.3 Å². The highest BCUT2D eigenvalue weighted by Gasteiger charge is 2.38. The van der Waals surface area contributed by atoms with Gasteiger partial charge < -0.3 is 9.64 Å². The number of nitrogens with zero attached hydrogens (tertiary/aromatic N) is 3. The van der Waals surface area contributed by atoms with E-state index in [1.807, 2.05) is 49.5 Å². The second-order valence-corrected chi connectivity index (χ2v) is 6.68. The molecule has 0 amide bonds. The number of ether oxygens (including phenoxy) is 1. The monoisotopic (exact) mass is 341 g/mol. The van der Waals surface area contributed by atoms with Crippen LogP contribution < -0.4 is 9.64 Å². The zero-order valence-electron chi connectivity index (χ0n) is 14.2. The van der Waals surface area contributed by atoms with Gasteiger partial charge in [0.15, 0.2) is 0 Å². The Bertz CT molecular complexity index is 827.